The summed E-state index contributed by atoms with van der Waals surface area (Å²) in [5.74, 6) is -0.847. The number of methoxy groups -OCH3 is 1. The third kappa shape index (κ3) is 4.13. The molecule has 2 aliphatic heterocycles. The van der Waals surface area contributed by atoms with Crippen LogP contribution in [0.3, 0.4) is 0 Å². The van der Waals surface area contributed by atoms with Crippen LogP contribution in [0, 0.1) is 6.92 Å². The molecular weight excluding hydrogens is 360 g/mol. The molecule has 0 atom stereocenters. The molecule has 2 heterocycles. The predicted octanol–water partition coefficient (Wildman–Crippen LogP) is 0.420. The molecule has 8 heteroatoms. The van der Waals surface area contributed by atoms with Crippen LogP contribution in [0.1, 0.15) is 5.56 Å². The molecule has 0 spiro atoms. The van der Waals surface area contributed by atoms with Gasteiger partial charge in [-0.1, -0.05) is 0 Å². The number of anilines is 2. The van der Waals surface area contributed by atoms with Crippen molar-refractivity contribution < 1.29 is 19.4 Å². The van der Waals surface area contributed by atoms with Gasteiger partial charge in [-0.3, -0.25) is 4.79 Å². The Morgan fingerprint density at radius 2 is 1.96 bits per heavy atom. The lowest BCUT2D eigenvalue weighted by Gasteiger charge is -2.34. The summed E-state index contributed by atoms with van der Waals surface area (Å²) in [5, 5.41) is 12.3. The summed E-state index contributed by atoms with van der Waals surface area (Å²) >= 11 is 0. The number of aryl methyl sites for hydroxylation is 1. The Hall–Kier alpha value is -2.58. The second-order valence-corrected chi connectivity index (χ2v) is 7.21. The average molecular weight is 388 g/mol. The number of hydrogen-bond donors (Lipinski definition) is 2. The van der Waals surface area contributed by atoms with Gasteiger partial charge in [0.05, 0.1) is 25.8 Å². The van der Waals surface area contributed by atoms with E-state index in [0.717, 1.165) is 43.1 Å². The first-order valence-electron chi connectivity index (χ1n) is 9.47. The second kappa shape index (κ2) is 8.62. The maximum Gasteiger partial charge on any atom is 0.337 e. The fourth-order valence-electron chi connectivity index (χ4n) is 3.53. The van der Waals surface area contributed by atoms with Crippen molar-refractivity contribution in [2.45, 2.75) is 6.92 Å². The summed E-state index contributed by atoms with van der Waals surface area (Å²) in [6.45, 7) is 6.15. The van der Waals surface area contributed by atoms with Gasteiger partial charge < -0.3 is 29.9 Å². The number of likely N-dealkylation sites (N-methyl/N-ethyl adjacent to an activating group) is 1. The summed E-state index contributed by atoms with van der Waals surface area (Å²) in [7, 11) is 3.42. The van der Waals surface area contributed by atoms with Gasteiger partial charge in [-0.25, -0.2) is 4.79 Å². The number of nitrogens with zero attached hydrogens (tertiary/aromatic N) is 3. The van der Waals surface area contributed by atoms with Crippen LogP contribution in [-0.2, 0) is 14.3 Å². The average Bonchev–Trinajstić information content (AvgIpc) is 2.99. The number of carbonyl (C=O) groups is 2. The number of hydrogen-bond acceptors (Lipinski definition) is 7. The van der Waals surface area contributed by atoms with E-state index >= 15 is 0 Å². The van der Waals surface area contributed by atoms with Crippen molar-refractivity contribution in [3.63, 3.8) is 0 Å². The van der Waals surface area contributed by atoms with Gasteiger partial charge in [-0.15, -0.1) is 0 Å². The van der Waals surface area contributed by atoms with Gasteiger partial charge in [-0.2, -0.15) is 0 Å². The zero-order chi connectivity index (χ0) is 20.3. The van der Waals surface area contributed by atoms with Crippen molar-refractivity contribution in [2.24, 2.45) is 0 Å². The van der Waals surface area contributed by atoms with E-state index in [0.29, 0.717) is 0 Å². The Kier molecular flexibility index (Phi) is 6.21. The van der Waals surface area contributed by atoms with E-state index in [1.807, 2.05) is 19.1 Å². The summed E-state index contributed by atoms with van der Waals surface area (Å²) in [6.07, 6.45) is 0. The molecule has 8 nitrogen and oxygen atoms in total. The maximum absolute atomic E-state index is 12.7. The van der Waals surface area contributed by atoms with Crippen LogP contribution in [0.15, 0.2) is 29.5 Å². The molecule has 3 rings (SSSR count). The fraction of sp³-hybridized carbons (Fsp3) is 0.500. The third-order valence-electron chi connectivity index (χ3n) is 5.29. The molecule has 2 aliphatic rings. The zero-order valence-corrected chi connectivity index (χ0v) is 16.7. The number of piperazine rings is 1. The standard InChI is InChI=1S/C20H28N4O4/c1-14-12-15(23-8-6-22(2)7-9-23)4-5-17(14)21-18-16(20(27)28-3)13-24(10-11-25)19(18)26/h4-5,12,21,25H,6-11,13H2,1-3H3. The van der Waals surface area contributed by atoms with Gasteiger partial charge in [0.1, 0.15) is 5.70 Å². The van der Waals surface area contributed by atoms with E-state index in [1.165, 1.54) is 12.0 Å². The predicted molar refractivity (Wildman–Crippen MR) is 107 cm³/mol. The molecule has 152 valence electrons. The van der Waals surface area contributed by atoms with E-state index in [-0.39, 0.29) is 36.9 Å². The first-order chi connectivity index (χ1) is 13.4. The number of amides is 1. The number of aliphatic hydroxyl groups is 1. The Morgan fingerprint density at radius 1 is 1.25 bits per heavy atom. The minimum absolute atomic E-state index is 0.132. The number of aliphatic hydroxyl groups excluding tert-OH is 1. The SMILES string of the molecule is COC(=O)C1=C(Nc2ccc(N3CCN(C)CC3)cc2C)C(=O)N(CCO)C1. The van der Waals surface area contributed by atoms with Crippen LogP contribution in [-0.4, -0.2) is 86.8 Å². The van der Waals surface area contributed by atoms with Crippen molar-refractivity contribution in [1.82, 2.24) is 9.80 Å². The van der Waals surface area contributed by atoms with Crippen molar-refractivity contribution in [3.8, 4) is 0 Å². The molecular formula is C20H28N4O4. The number of esters is 1. The molecule has 2 N–H and O–H groups in total. The molecule has 28 heavy (non-hydrogen) atoms. The van der Waals surface area contributed by atoms with E-state index < -0.39 is 5.97 Å². The molecule has 0 bridgehead atoms. The zero-order valence-electron chi connectivity index (χ0n) is 16.7. The number of β-amino-alcohol motifs (C(OH)–C–C–N with tert-alkyl or cyclic N) is 1. The Labute approximate surface area is 165 Å². The molecule has 1 aromatic carbocycles. The molecule has 0 saturated carbocycles. The highest BCUT2D eigenvalue weighted by Crippen LogP contribution is 2.28. The summed E-state index contributed by atoms with van der Waals surface area (Å²) in [6, 6.07) is 6.06. The summed E-state index contributed by atoms with van der Waals surface area (Å²) in [4.78, 5) is 30.9. The van der Waals surface area contributed by atoms with Crippen LogP contribution in [0.2, 0.25) is 0 Å². The Morgan fingerprint density at radius 3 is 2.57 bits per heavy atom. The smallest absolute Gasteiger partial charge is 0.337 e. The monoisotopic (exact) mass is 388 g/mol. The van der Waals surface area contributed by atoms with Crippen molar-refractivity contribution in [2.75, 3.05) is 70.2 Å². The topological polar surface area (TPSA) is 85.4 Å². The lowest BCUT2D eigenvalue weighted by atomic mass is 10.1. The number of benzene rings is 1. The lowest BCUT2D eigenvalue weighted by Crippen LogP contribution is -2.44. The summed E-state index contributed by atoms with van der Waals surface area (Å²) in [5.41, 5.74) is 3.41. The molecule has 0 aliphatic carbocycles. The minimum atomic E-state index is -0.539. The van der Waals surface area contributed by atoms with Gasteiger partial charge >= 0.3 is 5.97 Å². The van der Waals surface area contributed by atoms with Crippen LogP contribution < -0.4 is 10.2 Å². The van der Waals surface area contributed by atoms with Crippen LogP contribution in [0.25, 0.3) is 0 Å². The fourth-order valence-corrected chi connectivity index (χ4v) is 3.53. The Balaban J connectivity index is 1.81. The van der Waals surface area contributed by atoms with Gasteiger partial charge in [0.25, 0.3) is 5.91 Å². The third-order valence-corrected chi connectivity index (χ3v) is 5.29. The highest BCUT2D eigenvalue weighted by Gasteiger charge is 2.34. The highest BCUT2D eigenvalue weighted by atomic mass is 16.5. The van der Waals surface area contributed by atoms with Crippen molar-refractivity contribution >= 4 is 23.3 Å². The Bertz CT molecular complexity index is 784. The lowest BCUT2D eigenvalue weighted by molar-refractivity contribution is -0.136. The van der Waals surface area contributed by atoms with Gasteiger partial charge in [0.15, 0.2) is 0 Å². The molecule has 1 fully saturated rings. The summed E-state index contributed by atoms with van der Waals surface area (Å²) < 4.78 is 4.83. The number of carbonyl (C=O) groups excluding carboxylic acids is 2. The van der Waals surface area contributed by atoms with Gasteiger partial charge in [-0.05, 0) is 37.7 Å². The van der Waals surface area contributed by atoms with Crippen LogP contribution >= 0.6 is 0 Å². The quantitative estimate of drug-likeness (QED) is 0.683. The maximum atomic E-state index is 12.7. The molecule has 1 amide bonds. The molecule has 1 aromatic rings. The van der Waals surface area contributed by atoms with E-state index in [1.54, 1.807) is 0 Å². The molecule has 0 aromatic heterocycles. The molecule has 0 radical (unpaired) electrons. The number of rotatable bonds is 6. The van der Waals surface area contributed by atoms with Crippen LogP contribution in [0.4, 0.5) is 11.4 Å². The van der Waals surface area contributed by atoms with Crippen molar-refractivity contribution in [1.29, 1.82) is 0 Å². The minimum Gasteiger partial charge on any atom is -0.466 e. The molecule has 1 saturated heterocycles. The largest absolute Gasteiger partial charge is 0.466 e. The number of nitrogens with one attached hydrogen (secondary N) is 1. The van der Waals surface area contributed by atoms with Crippen molar-refractivity contribution in [3.05, 3.63) is 35.0 Å². The highest BCUT2D eigenvalue weighted by molar-refractivity contribution is 6.08. The second-order valence-electron chi connectivity index (χ2n) is 7.21. The normalized spacial score (nSPS) is 18.1. The first-order valence-corrected chi connectivity index (χ1v) is 9.47. The first kappa shape index (κ1) is 20.2. The van der Waals surface area contributed by atoms with Gasteiger partial charge in [0, 0.05) is 44.1 Å². The van der Waals surface area contributed by atoms with Gasteiger partial charge in [0.2, 0.25) is 0 Å². The number of ether oxygens (including phenoxy) is 1. The van der Waals surface area contributed by atoms with E-state index in [2.05, 4.69) is 28.2 Å². The molecule has 0 unspecified atom stereocenters. The van der Waals surface area contributed by atoms with Crippen LogP contribution in [0.5, 0.6) is 0 Å². The van der Waals surface area contributed by atoms with E-state index in [9.17, 15) is 9.59 Å². The van der Waals surface area contributed by atoms with E-state index in [4.69, 9.17) is 9.84 Å².